The van der Waals surface area contributed by atoms with Crippen LogP contribution in [-0.2, 0) is 0 Å². The van der Waals surface area contributed by atoms with Crippen molar-refractivity contribution >= 4 is 28.5 Å². The van der Waals surface area contributed by atoms with Gasteiger partial charge in [0, 0.05) is 18.3 Å². The van der Waals surface area contributed by atoms with Gasteiger partial charge >= 0.3 is 6.03 Å². The fraction of sp³-hybridized carbons (Fsp3) is 0.0667. The molecule has 0 aliphatic rings. The standard InChI is InChI=1S/C15H12FN3O2/c1-9-17-13-8-12(6-7-14(13)21-9)19-15(20)18-11-4-2-10(16)3-5-11/h2-8H,1H3,(H2,18,19,20). The molecule has 106 valence electrons. The molecule has 0 saturated carbocycles. The van der Waals surface area contributed by atoms with Crippen LogP contribution in [0.25, 0.3) is 11.1 Å². The van der Waals surface area contributed by atoms with Crippen LogP contribution < -0.4 is 10.6 Å². The largest absolute Gasteiger partial charge is 0.441 e. The van der Waals surface area contributed by atoms with Crippen molar-refractivity contribution in [2.24, 2.45) is 0 Å². The van der Waals surface area contributed by atoms with Crippen molar-refractivity contribution in [3.05, 3.63) is 54.2 Å². The number of urea groups is 1. The van der Waals surface area contributed by atoms with E-state index < -0.39 is 6.03 Å². The number of aryl methyl sites for hydroxylation is 1. The lowest BCUT2D eigenvalue weighted by Gasteiger charge is -2.07. The molecule has 3 rings (SSSR count). The van der Waals surface area contributed by atoms with Crippen LogP contribution in [0, 0.1) is 12.7 Å². The summed E-state index contributed by atoms with van der Waals surface area (Å²) in [6.07, 6.45) is 0. The summed E-state index contributed by atoms with van der Waals surface area (Å²) in [6.45, 7) is 1.76. The number of nitrogens with one attached hydrogen (secondary N) is 2. The van der Waals surface area contributed by atoms with Gasteiger partial charge < -0.3 is 15.1 Å². The fourth-order valence-electron chi connectivity index (χ4n) is 1.95. The predicted molar refractivity (Wildman–Crippen MR) is 77.8 cm³/mol. The maximum atomic E-state index is 12.8. The molecular formula is C15H12FN3O2. The van der Waals surface area contributed by atoms with Crippen LogP contribution in [0.1, 0.15) is 5.89 Å². The van der Waals surface area contributed by atoms with Crippen molar-refractivity contribution in [2.45, 2.75) is 6.92 Å². The Hall–Kier alpha value is -2.89. The van der Waals surface area contributed by atoms with Gasteiger partial charge in [0.1, 0.15) is 11.3 Å². The Kier molecular flexibility index (Phi) is 3.27. The fourth-order valence-corrected chi connectivity index (χ4v) is 1.95. The van der Waals surface area contributed by atoms with Crippen molar-refractivity contribution in [2.75, 3.05) is 10.6 Å². The number of halogens is 1. The van der Waals surface area contributed by atoms with Gasteiger partial charge in [-0.2, -0.15) is 0 Å². The number of fused-ring (bicyclic) bond motifs is 1. The van der Waals surface area contributed by atoms with Crippen molar-refractivity contribution in [3.63, 3.8) is 0 Å². The molecular weight excluding hydrogens is 273 g/mol. The van der Waals surface area contributed by atoms with Gasteiger partial charge in [0.15, 0.2) is 11.5 Å². The zero-order valence-electron chi connectivity index (χ0n) is 11.2. The number of benzene rings is 2. The summed E-state index contributed by atoms with van der Waals surface area (Å²) >= 11 is 0. The highest BCUT2D eigenvalue weighted by Crippen LogP contribution is 2.20. The number of hydrogen-bond acceptors (Lipinski definition) is 3. The molecule has 21 heavy (non-hydrogen) atoms. The Bertz CT molecular complexity index is 796. The minimum absolute atomic E-state index is 0.354. The van der Waals surface area contributed by atoms with Crippen LogP contribution in [0.3, 0.4) is 0 Å². The van der Waals surface area contributed by atoms with Crippen LogP contribution in [0.4, 0.5) is 20.6 Å². The van der Waals surface area contributed by atoms with E-state index >= 15 is 0 Å². The topological polar surface area (TPSA) is 67.2 Å². The van der Waals surface area contributed by atoms with Crippen LogP contribution in [0.2, 0.25) is 0 Å². The molecule has 1 heterocycles. The highest BCUT2D eigenvalue weighted by molar-refractivity contribution is 6.00. The predicted octanol–water partition coefficient (Wildman–Crippen LogP) is 3.92. The number of rotatable bonds is 2. The van der Waals surface area contributed by atoms with Gasteiger partial charge in [-0.1, -0.05) is 0 Å². The van der Waals surface area contributed by atoms with Gasteiger partial charge in [-0.05, 0) is 42.5 Å². The van der Waals surface area contributed by atoms with E-state index in [-0.39, 0.29) is 5.82 Å². The minimum atomic E-state index is -0.416. The summed E-state index contributed by atoms with van der Waals surface area (Å²) in [6, 6.07) is 10.3. The third-order valence-electron chi connectivity index (χ3n) is 2.85. The number of amides is 2. The molecule has 2 amide bonds. The van der Waals surface area contributed by atoms with Gasteiger partial charge in [0.2, 0.25) is 0 Å². The van der Waals surface area contributed by atoms with Crippen LogP contribution >= 0.6 is 0 Å². The Morgan fingerprint density at radius 2 is 1.76 bits per heavy atom. The Balaban J connectivity index is 1.71. The smallest absolute Gasteiger partial charge is 0.323 e. The highest BCUT2D eigenvalue weighted by atomic mass is 19.1. The molecule has 5 nitrogen and oxygen atoms in total. The third-order valence-corrected chi connectivity index (χ3v) is 2.85. The van der Waals surface area contributed by atoms with Crippen molar-refractivity contribution in [1.82, 2.24) is 4.98 Å². The normalized spacial score (nSPS) is 10.6. The summed E-state index contributed by atoms with van der Waals surface area (Å²) in [4.78, 5) is 16.0. The number of carbonyl (C=O) groups is 1. The van der Waals surface area contributed by atoms with E-state index in [4.69, 9.17) is 4.42 Å². The lowest BCUT2D eigenvalue weighted by Crippen LogP contribution is -2.19. The van der Waals surface area contributed by atoms with Gasteiger partial charge in [-0.15, -0.1) is 0 Å². The van der Waals surface area contributed by atoms with Crippen molar-refractivity contribution < 1.29 is 13.6 Å². The number of nitrogens with zero attached hydrogens (tertiary/aromatic N) is 1. The number of carbonyl (C=O) groups excluding carboxylic acids is 1. The van der Waals surface area contributed by atoms with Crippen LogP contribution in [0.5, 0.6) is 0 Å². The van der Waals surface area contributed by atoms with E-state index in [2.05, 4.69) is 15.6 Å². The maximum absolute atomic E-state index is 12.8. The summed E-state index contributed by atoms with van der Waals surface area (Å²) in [5.74, 6) is 0.214. The molecule has 0 radical (unpaired) electrons. The second kappa shape index (κ2) is 5.24. The van der Waals surface area contributed by atoms with Crippen molar-refractivity contribution in [1.29, 1.82) is 0 Å². The van der Waals surface area contributed by atoms with Crippen molar-refractivity contribution in [3.8, 4) is 0 Å². The summed E-state index contributed by atoms with van der Waals surface area (Å²) < 4.78 is 18.1. The molecule has 0 spiro atoms. The molecule has 0 fully saturated rings. The summed E-state index contributed by atoms with van der Waals surface area (Å²) in [5.41, 5.74) is 2.44. The SMILES string of the molecule is Cc1nc2cc(NC(=O)Nc3ccc(F)cc3)ccc2o1. The number of hydrogen-bond donors (Lipinski definition) is 2. The Morgan fingerprint density at radius 1 is 1.10 bits per heavy atom. The number of oxazole rings is 1. The zero-order valence-corrected chi connectivity index (χ0v) is 11.2. The van der Waals surface area contributed by atoms with E-state index in [1.54, 1.807) is 25.1 Å². The van der Waals surface area contributed by atoms with Gasteiger partial charge in [-0.3, -0.25) is 0 Å². The second-order valence-corrected chi connectivity index (χ2v) is 4.50. The van der Waals surface area contributed by atoms with Crippen LogP contribution in [-0.4, -0.2) is 11.0 Å². The molecule has 0 saturated heterocycles. The molecule has 2 aromatic carbocycles. The second-order valence-electron chi connectivity index (χ2n) is 4.50. The first kappa shape index (κ1) is 13.1. The monoisotopic (exact) mass is 285 g/mol. The third kappa shape index (κ3) is 3.00. The molecule has 6 heteroatoms. The minimum Gasteiger partial charge on any atom is -0.441 e. The van der Waals surface area contributed by atoms with Gasteiger partial charge in [-0.25, -0.2) is 14.2 Å². The first-order valence-corrected chi connectivity index (χ1v) is 6.31. The highest BCUT2D eigenvalue weighted by Gasteiger charge is 2.06. The van der Waals surface area contributed by atoms with E-state index in [9.17, 15) is 9.18 Å². The van der Waals surface area contributed by atoms with E-state index in [0.29, 0.717) is 28.4 Å². The van der Waals surface area contributed by atoms with E-state index in [1.165, 1.54) is 24.3 Å². The lowest BCUT2D eigenvalue weighted by atomic mass is 10.3. The molecule has 0 bridgehead atoms. The van der Waals surface area contributed by atoms with Crippen LogP contribution in [0.15, 0.2) is 46.9 Å². The Labute approximate surface area is 119 Å². The maximum Gasteiger partial charge on any atom is 0.323 e. The first-order chi connectivity index (χ1) is 10.1. The molecule has 0 aliphatic heterocycles. The molecule has 0 unspecified atom stereocenters. The molecule has 3 aromatic rings. The lowest BCUT2D eigenvalue weighted by molar-refractivity contribution is 0.262. The number of anilines is 2. The molecule has 0 atom stereocenters. The summed E-state index contributed by atoms with van der Waals surface area (Å²) in [5, 5.41) is 5.29. The number of aromatic nitrogens is 1. The van der Waals surface area contributed by atoms with E-state index in [1.807, 2.05) is 0 Å². The quantitative estimate of drug-likeness (QED) is 0.750. The zero-order chi connectivity index (χ0) is 14.8. The van der Waals surface area contributed by atoms with Gasteiger partial charge in [0.25, 0.3) is 0 Å². The Morgan fingerprint density at radius 3 is 2.52 bits per heavy atom. The molecule has 2 N–H and O–H groups in total. The molecule has 1 aromatic heterocycles. The average Bonchev–Trinajstić information content (AvgIpc) is 2.80. The van der Waals surface area contributed by atoms with Gasteiger partial charge in [0.05, 0.1) is 0 Å². The first-order valence-electron chi connectivity index (χ1n) is 6.31. The molecule has 0 aliphatic carbocycles. The summed E-state index contributed by atoms with van der Waals surface area (Å²) in [7, 11) is 0. The van der Waals surface area contributed by atoms with E-state index in [0.717, 1.165) is 0 Å². The average molecular weight is 285 g/mol.